The Morgan fingerprint density at radius 3 is 2.26 bits per heavy atom. The van der Waals surface area contributed by atoms with Crippen LogP contribution in [0.4, 0.5) is 5.69 Å². The molecule has 3 aromatic carbocycles. The van der Waals surface area contributed by atoms with Gasteiger partial charge in [0.2, 0.25) is 11.8 Å². The van der Waals surface area contributed by atoms with Gasteiger partial charge in [-0.25, -0.2) is 0 Å². The quantitative estimate of drug-likeness (QED) is 0.420. The largest absolute Gasteiger partial charge is 0.352 e. The van der Waals surface area contributed by atoms with Crippen molar-refractivity contribution in [3.63, 3.8) is 0 Å². The molecule has 0 radical (unpaired) electrons. The molecule has 34 heavy (non-hydrogen) atoms. The third-order valence-corrected chi connectivity index (χ3v) is 6.66. The summed E-state index contributed by atoms with van der Waals surface area (Å²) in [6.45, 7) is 3.09. The minimum Gasteiger partial charge on any atom is -0.352 e. The summed E-state index contributed by atoms with van der Waals surface area (Å²) in [4.78, 5) is 27.7. The number of nitrogens with one attached hydrogen (secondary N) is 1. The lowest BCUT2D eigenvalue weighted by molar-refractivity contribution is -0.122. The number of benzene rings is 3. The summed E-state index contributed by atoms with van der Waals surface area (Å²) < 4.78 is 0. The Hall–Kier alpha value is -3.11. The van der Waals surface area contributed by atoms with E-state index in [1.165, 1.54) is 5.56 Å². The maximum Gasteiger partial charge on any atom is 0.230 e. The normalized spacial score (nSPS) is 13.6. The molecule has 2 amide bonds. The van der Waals surface area contributed by atoms with E-state index in [0.29, 0.717) is 24.5 Å². The van der Waals surface area contributed by atoms with Crippen LogP contribution in [0.3, 0.4) is 0 Å². The van der Waals surface area contributed by atoms with Crippen LogP contribution in [0.1, 0.15) is 47.9 Å². The Morgan fingerprint density at radius 1 is 0.912 bits per heavy atom. The molecular formula is C29H31ClN2O2. The van der Waals surface area contributed by atoms with Gasteiger partial charge in [0.15, 0.2) is 0 Å². The first kappa shape index (κ1) is 24.0. The van der Waals surface area contributed by atoms with Crippen LogP contribution in [-0.2, 0) is 29.1 Å². The first-order chi connectivity index (χ1) is 16.5. The molecule has 0 atom stereocenters. The van der Waals surface area contributed by atoms with Crippen molar-refractivity contribution < 1.29 is 9.59 Å². The standard InChI is InChI=1S/C29H31ClN2O2/c1-21-5-4-6-24(17-21)20-32(29(34)25-7-2-3-8-25)27-15-11-22(12-16-27)18-28(33)31-19-23-9-13-26(30)14-10-23/h4-6,9-17,25H,2-3,7-8,18-20H2,1H3,(H,31,33). The van der Waals surface area contributed by atoms with Crippen molar-refractivity contribution in [2.45, 2.75) is 52.1 Å². The number of amides is 2. The summed E-state index contributed by atoms with van der Waals surface area (Å²) in [5.41, 5.74) is 5.11. The van der Waals surface area contributed by atoms with Gasteiger partial charge in [-0.1, -0.05) is 78.5 Å². The number of carbonyl (C=O) groups excluding carboxylic acids is 2. The molecule has 1 saturated carbocycles. The maximum atomic E-state index is 13.4. The van der Waals surface area contributed by atoms with Gasteiger partial charge in [-0.2, -0.15) is 0 Å². The smallest absolute Gasteiger partial charge is 0.230 e. The molecule has 0 bridgehead atoms. The van der Waals surface area contributed by atoms with Crippen LogP contribution in [0.2, 0.25) is 5.02 Å². The fraction of sp³-hybridized carbons (Fsp3) is 0.310. The van der Waals surface area contributed by atoms with Crippen molar-refractivity contribution in [1.82, 2.24) is 5.32 Å². The van der Waals surface area contributed by atoms with E-state index in [1.807, 2.05) is 59.5 Å². The molecule has 3 aromatic rings. The molecule has 0 aliphatic heterocycles. The molecule has 176 valence electrons. The highest BCUT2D eigenvalue weighted by Gasteiger charge is 2.28. The van der Waals surface area contributed by atoms with Crippen molar-refractivity contribution >= 4 is 29.1 Å². The average molecular weight is 475 g/mol. The first-order valence-electron chi connectivity index (χ1n) is 11.9. The van der Waals surface area contributed by atoms with E-state index >= 15 is 0 Å². The van der Waals surface area contributed by atoms with E-state index in [0.717, 1.165) is 48.1 Å². The van der Waals surface area contributed by atoms with Gasteiger partial charge < -0.3 is 10.2 Å². The zero-order valence-corrected chi connectivity index (χ0v) is 20.4. The number of halogens is 1. The Bertz CT molecular complexity index is 1120. The fourth-order valence-electron chi connectivity index (χ4n) is 4.53. The Balaban J connectivity index is 1.42. The Kier molecular flexibility index (Phi) is 8.02. The van der Waals surface area contributed by atoms with Crippen LogP contribution in [0.5, 0.6) is 0 Å². The molecule has 1 aliphatic carbocycles. The monoisotopic (exact) mass is 474 g/mol. The minimum atomic E-state index is -0.0404. The lowest BCUT2D eigenvalue weighted by atomic mass is 10.0. The molecule has 0 saturated heterocycles. The number of hydrogen-bond acceptors (Lipinski definition) is 2. The van der Waals surface area contributed by atoms with Crippen LogP contribution in [0.25, 0.3) is 0 Å². The minimum absolute atomic E-state index is 0.0404. The van der Waals surface area contributed by atoms with E-state index in [1.54, 1.807) is 0 Å². The average Bonchev–Trinajstić information content (AvgIpc) is 3.38. The predicted molar refractivity (Wildman–Crippen MR) is 138 cm³/mol. The summed E-state index contributed by atoms with van der Waals surface area (Å²) in [6, 6.07) is 23.6. The third kappa shape index (κ3) is 6.48. The van der Waals surface area contributed by atoms with Gasteiger partial charge in [0, 0.05) is 23.2 Å². The number of anilines is 1. The maximum absolute atomic E-state index is 13.4. The van der Waals surface area contributed by atoms with Gasteiger partial charge >= 0.3 is 0 Å². The Labute approximate surface area is 206 Å². The fourth-order valence-corrected chi connectivity index (χ4v) is 4.65. The van der Waals surface area contributed by atoms with Crippen LogP contribution < -0.4 is 10.2 Å². The van der Waals surface area contributed by atoms with Crippen LogP contribution in [0, 0.1) is 12.8 Å². The molecule has 0 unspecified atom stereocenters. The number of aryl methyl sites for hydroxylation is 1. The zero-order valence-electron chi connectivity index (χ0n) is 19.6. The highest BCUT2D eigenvalue weighted by Crippen LogP contribution is 2.30. The number of nitrogens with zero attached hydrogens (tertiary/aromatic N) is 1. The molecule has 1 aliphatic rings. The highest BCUT2D eigenvalue weighted by molar-refractivity contribution is 6.30. The van der Waals surface area contributed by atoms with E-state index in [9.17, 15) is 9.59 Å². The molecule has 1 fully saturated rings. The molecule has 0 heterocycles. The lowest BCUT2D eigenvalue weighted by Gasteiger charge is -2.26. The van der Waals surface area contributed by atoms with Gasteiger partial charge in [0.25, 0.3) is 0 Å². The van der Waals surface area contributed by atoms with Gasteiger partial charge in [-0.05, 0) is 60.7 Å². The van der Waals surface area contributed by atoms with Crippen molar-refractivity contribution in [2.75, 3.05) is 4.90 Å². The summed E-state index contributed by atoms with van der Waals surface area (Å²) in [6.07, 6.45) is 4.48. The first-order valence-corrected chi connectivity index (χ1v) is 12.3. The lowest BCUT2D eigenvalue weighted by Crippen LogP contribution is -2.35. The second-order valence-electron chi connectivity index (χ2n) is 9.14. The number of hydrogen-bond donors (Lipinski definition) is 1. The molecule has 0 spiro atoms. The van der Waals surface area contributed by atoms with Crippen LogP contribution in [0.15, 0.2) is 72.8 Å². The van der Waals surface area contributed by atoms with Gasteiger partial charge in [-0.3, -0.25) is 9.59 Å². The van der Waals surface area contributed by atoms with E-state index < -0.39 is 0 Å². The van der Waals surface area contributed by atoms with Gasteiger partial charge in [-0.15, -0.1) is 0 Å². The van der Waals surface area contributed by atoms with Crippen molar-refractivity contribution in [3.05, 3.63) is 100 Å². The second-order valence-corrected chi connectivity index (χ2v) is 9.58. The highest BCUT2D eigenvalue weighted by atomic mass is 35.5. The van der Waals surface area contributed by atoms with Gasteiger partial charge in [0.05, 0.1) is 13.0 Å². The molecular weight excluding hydrogens is 444 g/mol. The summed E-state index contributed by atoms with van der Waals surface area (Å²) in [7, 11) is 0. The summed E-state index contributed by atoms with van der Waals surface area (Å²) in [5.74, 6) is 0.261. The van der Waals surface area contributed by atoms with E-state index in [4.69, 9.17) is 11.6 Å². The topological polar surface area (TPSA) is 49.4 Å². The number of rotatable bonds is 8. The van der Waals surface area contributed by atoms with Gasteiger partial charge in [0.1, 0.15) is 0 Å². The van der Waals surface area contributed by atoms with Crippen LogP contribution in [-0.4, -0.2) is 11.8 Å². The van der Waals surface area contributed by atoms with E-state index in [2.05, 4.69) is 30.4 Å². The molecule has 4 rings (SSSR count). The SMILES string of the molecule is Cc1cccc(CN(C(=O)C2CCCC2)c2ccc(CC(=O)NCc3ccc(Cl)cc3)cc2)c1. The second kappa shape index (κ2) is 11.3. The van der Waals surface area contributed by atoms with Crippen molar-refractivity contribution in [2.24, 2.45) is 5.92 Å². The number of carbonyl (C=O) groups is 2. The third-order valence-electron chi connectivity index (χ3n) is 6.41. The predicted octanol–water partition coefficient (Wildman–Crippen LogP) is 6.23. The van der Waals surface area contributed by atoms with Crippen molar-refractivity contribution in [3.8, 4) is 0 Å². The zero-order chi connectivity index (χ0) is 23.9. The van der Waals surface area contributed by atoms with E-state index in [-0.39, 0.29) is 17.7 Å². The van der Waals surface area contributed by atoms with Crippen molar-refractivity contribution in [1.29, 1.82) is 0 Å². The van der Waals surface area contributed by atoms with Crippen LogP contribution >= 0.6 is 11.6 Å². The Morgan fingerprint density at radius 2 is 1.59 bits per heavy atom. The molecule has 4 nitrogen and oxygen atoms in total. The molecule has 0 aromatic heterocycles. The summed E-state index contributed by atoms with van der Waals surface area (Å²) >= 11 is 5.91. The molecule has 1 N–H and O–H groups in total. The molecule has 5 heteroatoms. The summed E-state index contributed by atoms with van der Waals surface area (Å²) in [5, 5.41) is 3.63.